The molecule has 1 saturated heterocycles. The number of alkyl halides is 1. The molecule has 1 aromatic carbocycles. The molecule has 1 heterocycles. The van der Waals surface area contributed by atoms with Crippen LogP contribution in [0.25, 0.3) is 0 Å². The molecule has 2 atom stereocenters. The number of rotatable bonds is 3. The quantitative estimate of drug-likeness (QED) is 0.699. The largest absolute Gasteiger partial charge is 0.378 e. The van der Waals surface area contributed by atoms with Crippen molar-refractivity contribution in [2.75, 3.05) is 18.4 Å². The monoisotopic (exact) mass is 223 g/mol. The first-order valence-corrected chi connectivity index (χ1v) is 5.18. The van der Waals surface area contributed by atoms with Crippen LogP contribution in [0.1, 0.15) is 10.4 Å². The van der Waals surface area contributed by atoms with Gasteiger partial charge in [-0.15, -0.1) is 0 Å². The molecular weight excluding hydrogens is 209 g/mol. The topological polar surface area (TPSA) is 67.2 Å². The van der Waals surface area contributed by atoms with Gasteiger partial charge in [0.2, 0.25) is 5.91 Å². The number of carbonyl (C=O) groups is 1. The van der Waals surface area contributed by atoms with Crippen molar-refractivity contribution < 1.29 is 9.18 Å². The number of benzene rings is 1. The molecule has 4 N–H and O–H groups in total. The lowest BCUT2D eigenvalue weighted by molar-refractivity contribution is 0.100. The third-order valence-corrected chi connectivity index (χ3v) is 2.66. The minimum absolute atomic E-state index is 0.209. The highest BCUT2D eigenvalue weighted by molar-refractivity contribution is 5.93. The summed E-state index contributed by atoms with van der Waals surface area (Å²) in [7, 11) is 0. The third-order valence-electron chi connectivity index (χ3n) is 2.66. The predicted molar refractivity (Wildman–Crippen MR) is 60.1 cm³/mol. The van der Waals surface area contributed by atoms with E-state index in [0.717, 1.165) is 5.69 Å². The summed E-state index contributed by atoms with van der Waals surface area (Å²) in [6.45, 7) is 0.996. The zero-order valence-corrected chi connectivity index (χ0v) is 8.74. The van der Waals surface area contributed by atoms with Crippen molar-refractivity contribution in [1.82, 2.24) is 5.32 Å². The van der Waals surface area contributed by atoms with Crippen LogP contribution in [-0.4, -0.2) is 31.2 Å². The first-order valence-electron chi connectivity index (χ1n) is 5.18. The molecule has 0 aromatic heterocycles. The average Bonchev–Trinajstić information content (AvgIpc) is 2.65. The number of amides is 1. The van der Waals surface area contributed by atoms with Crippen LogP contribution in [0.4, 0.5) is 10.1 Å². The Balaban J connectivity index is 2.02. The molecule has 0 spiro atoms. The van der Waals surface area contributed by atoms with E-state index in [9.17, 15) is 9.18 Å². The Hall–Kier alpha value is -1.62. The molecule has 1 fully saturated rings. The molecule has 86 valence electrons. The highest BCUT2D eigenvalue weighted by atomic mass is 19.1. The van der Waals surface area contributed by atoms with Crippen LogP contribution in [0.3, 0.4) is 0 Å². The van der Waals surface area contributed by atoms with Gasteiger partial charge in [-0.25, -0.2) is 4.39 Å². The number of hydrogen-bond donors (Lipinski definition) is 3. The number of nitrogens with two attached hydrogens (primary N) is 1. The van der Waals surface area contributed by atoms with Crippen LogP contribution in [0.5, 0.6) is 0 Å². The summed E-state index contributed by atoms with van der Waals surface area (Å²) >= 11 is 0. The van der Waals surface area contributed by atoms with E-state index >= 15 is 0 Å². The second kappa shape index (κ2) is 4.49. The fourth-order valence-corrected chi connectivity index (χ4v) is 1.73. The van der Waals surface area contributed by atoms with Crippen molar-refractivity contribution in [2.24, 2.45) is 5.73 Å². The molecule has 0 unspecified atom stereocenters. The molecule has 0 saturated carbocycles. The van der Waals surface area contributed by atoms with Crippen LogP contribution < -0.4 is 16.4 Å². The Bertz CT molecular complexity index is 379. The van der Waals surface area contributed by atoms with E-state index in [2.05, 4.69) is 10.6 Å². The number of carbonyl (C=O) groups excluding carboxylic acids is 1. The number of anilines is 1. The molecule has 5 heteroatoms. The molecular formula is C11H14FN3O. The Kier molecular flexibility index (Phi) is 3.05. The van der Waals surface area contributed by atoms with Crippen molar-refractivity contribution in [2.45, 2.75) is 12.2 Å². The molecule has 0 radical (unpaired) electrons. The Morgan fingerprint density at radius 1 is 1.38 bits per heavy atom. The lowest BCUT2D eigenvalue weighted by Gasteiger charge is -2.15. The van der Waals surface area contributed by atoms with Gasteiger partial charge >= 0.3 is 0 Å². The van der Waals surface area contributed by atoms with Crippen molar-refractivity contribution in [1.29, 1.82) is 0 Å². The van der Waals surface area contributed by atoms with Crippen molar-refractivity contribution in [3.63, 3.8) is 0 Å². The SMILES string of the molecule is NC(=O)c1ccc(N[C@H]2CNC[C@@H]2F)cc1. The molecule has 0 aliphatic carbocycles. The standard InChI is InChI=1S/C11H14FN3O/c12-9-5-14-6-10(9)15-8-3-1-7(2-4-8)11(13)16/h1-4,9-10,14-15H,5-6H2,(H2,13,16)/t9-,10-/m0/s1. The van der Waals surface area contributed by atoms with E-state index in [0.29, 0.717) is 18.7 Å². The van der Waals surface area contributed by atoms with E-state index in [1.54, 1.807) is 24.3 Å². The molecule has 0 bridgehead atoms. The first-order chi connectivity index (χ1) is 7.66. The first kappa shape index (κ1) is 10.9. The van der Waals surface area contributed by atoms with Gasteiger partial charge in [-0.3, -0.25) is 4.79 Å². The Morgan fingerprint density at radius 3 is 2.56 bits per heavy atom. The molecule has 2 rings (SSSR count). The molecule has 16 heavy (non-hydrogen) atoms. The highest BCUT2D eigenvalue weighted by Crippen LogP contribution is 2.14. The lowest BCUT2D eigenvalue weighted by atomic mass is 10.1. The van der Waals surface area contributed by atoms with Gasteiger partial charge in [0.05, 0.1) is 6.04 Å². The van der Waals surface area contributed by atoms with E-state index in [1.165, 1.54) is 0 Å². The maximum atomic E-state index is 13.3. The van der Waals surface area contributed by atoms with Crippen LogP contribution >= 0.6 is 0 Å². The van der Waals surface area contributed by atoms with Gasteiger partial charge in [0.15, 0.2) is 0 Å². The Labute approximate surface area is 93.0 Å². The molecule has 1 aliphatic heterocycles. The highest BCUT2D eigenvalue weighted by Gasteiger charge is 2.26. The van der Waals surface area contributed by atoms with E-state index in [-0.39, 0.29) is 6.04 Å². The molecule has 1 aliphatic rings. The summed E-state index contributed by atoms with van der Waals surface area (Å²) < 4.78 is 13.3. The number of halogens is 1. The fraction of sp³-hybridized carbons (Fsp3) is 0.364. The van der Waals surface area contributed by atoms with Gasteiger partial charge < -0.3 is 16.4 Å². The van der Waals surface area contributed by atoms with Crippen molar-refractivity contribution in [3.05, 3.63) is 29.8 Å². The minimum Gasteiger partial charge on any atom is -0.378 e. The molecule has 1 aromatic rings. The average molecular weight is 223 g/mol. The summed E-state index contributed by atoms with van der Waals surface area (Å²) in [5, 5.41) is 6.03. The summed E-state index contributed by atoms with van der Waals surface area (Å²) in [6, 6.07) is 6.50. The van der Waals surface area contributed by atoms with Crippen molar-refractivity contribution >= 4 is 11.6 Å². The minimum atomic E-state index is -0.879. The van der Waals surface area contributed by atoms with Crippen LogP contribution in [-0.2, 0) is 0 Å². The smallest absolute Gasteiger partial charge is 0.248 e. The predicted octanol–water partition coefficient (Wildman–Crippen LogP) is 0.507. The number of hydrogen-bond acceptors (Lipinski definition) is 3. The van der Waals surface area contributed by atoms with Gasteiger partial charge in [0, 0.05) is 24.3 Å². The van der Waals surface area contributed by atoms with Crippen LogP contribution in [0.15, 0.2) is 24.3 Å². The van der Waals surface area contributed by atoms with Gasteiger partial charge in [-0.2, -0.15) is 0 Å². The van der Waals surface area contributed by atoms with Crippen LogP contribution in [0.2, 0.25) is 0 Å². The lowest BCUT2D eigenvalue weighted by Crippen LogP contribution is -2.29. The number of nitrogens with one attached hydrogen (secondary N) is 2. The number of primary amides is 1. The summed E-state index contributed by atoms with van der Waals surface area (Å²) in [5.41, 5.74) is 6.36. The maximum Gasteiger partial charge on any atom is 0.248 e. The van der Waals surface area contributed by atoms with Gasteiger partial charge in [0.25, 0.3) is 0 Å². The van der Waals surface area contributed by atoms with Crippen LogP contribution in [0, 0.1) is 0 Å². The van der Waals surface area contributed by atoms with Crippen molar-refractivity contribution in [3.8, 4) is 0 Å². The summed E-state index contributed by atoms with van der Waals surface area (Å²) in [4.78, 5) is 10.8. The van der Waals surface area contributed by atoms with E-state index < -0.39 is 12.1 Å². The normalized spacial score (nSPS) is 24.3. The third kappa shape index (κ3) is 2.30. The zero-order chi connectivity index (χ0) is 11.5. The van der Waals surface area contributed by atoms with Gasteiger partial charge in [-0.05, 0) is 24.3 Å². The molecule has 4 nitrogen and oxygen atoms in total. The summed E-state index contributed by atoms with van der Waals surface area (Å²) in [6.07, 6.45) is -0.879. The van der Waals surface area contributed by atoms with Gasteiger partial charge in [0.1, 0.15) is 6.17 Å². The van der Waals surface area contributed by atoms with E-state index in [4.69, 9.17) is 5.73 Å². The van der Waals surface area contributed by atoms with E-state index in [1.807, 2.05) is 0 Å². The Morgan fingerprint density at radius 2 is 2.06 bits per heavy atom. The molecule has 1 amide bonds. The fourth-order valence-electron chi connectivity index (χ4n) is 1.73. The second-order valence-corrected chi connectivity index (χ2v) is 3.87. The second-order valence-electron chi connectivity index (χ2n) is 3.87. The maximum absolute atomic E-state index is 13.3. The zero-order valence-electron chi connectivity index (χ0n) is 8.74. The van der Waals surface area contributed by atoms with Gasteiger partial charge in [-0.1, -0.05) is 0 Å². The summed E-state index contributed by atoms with van der Waals surface area (Å²) in [5.74, 6) is -0.461.